The van der Waals surface area contributed by atoms with Gasteiger partial charge in [-0.2, -0.15) is 0 Å². The number of alkyl halides is 2. The number of fused-ring (bicyclic) bond motifs is 2. The van der Waals surface area contributed by atoms with E-state index in [4.69, 9.17) is 4.98 Å². The number of anilines is 2. The van der Waals surface area contributed by atoms with Crippen molar-refractivity contribution in [1.82, 2.24) is 19.0 Å². The normalized spacial score (nSPS) is 20.2. The summed E-state index contributed by atoms with van der Waals surface area (Å²) in [5.41, 5.74) is 4.35. The molecule has 8 heteroatoms. The molecule has 3 aliphatic rings. The number of imidazole rings is 1. The van der Waals surface area contributed by atoms with Crippen LogP contribution in [0.25, 0.3) is 11.1 Å². The van der Waals surface area contributed by atoms with Crippen LogP contribution in [0, 0.1) is 0 Å². The summed E-state index contributed by atoms with van der Waals surface area (Å²) in [6.07, 6.45) is 5.12. The van der Waals surface area contributed by atoms with Crippen LogP contribution < -0.4 is 4.90 Å². The number of aromatic nitrogens is 3. The van der Waals surface area contributed by atoms with Crippen LogP contribution in [-0.4, -0.2) is 38.5 Å². The zero-order valence-corrected chi connectivity index (χ0v) is 19.8. The lowest BCUT2D eigenvalue weighted by Gasteiger charge is -2.35. The van der Waals surface area contributed by atoms with Crippen molar-refractivity contribution in [3.63, 3.8) is 0 Å². The molecule has 4 heterocycles. The number of rotatable bonds is 4. The van der Waals surface area contributed by atoms with Gasteiger partial charge in [-0.1, -0.05) is 0 Å². The Hall–Kier alpha value is -3.16. The Labute approximate surface area is 197 Å². The van der Waals surface area contributed by atoms with Gasteiger partial charge in [0.25, 0.3) is 6.43 Å². The molecule has 0 saturated heterocycles. The van der Waals surface area contributed by atoms with Crippen LogP contribution in [0.4, 0.5) is 20.3 Å². The van der Waals surface area contributed by atoms with Crippen LogP contribution in [0.1, 0.15) is 67.2 Å². The molecule has 3 aromatic rings. The third-order valence-electron chi connectivity index (χ3n) is 7.47. The fraction of sp³-hybridized carbons (Fsp3) is 0.462. The Balaban J connectivity index is 1.51. The number of amides is 1. The number of nitrogens with zero attached hydrogens (tertiary/aromatic N) is 5. The summed E-state index contributed by atoms with van der Waals surface area (Å²) in [4.78, 5) is 21.7. The second-order valence-electron chi connectivity index (χ2n) is 9.94. The van der Waals surface area contributed by atoms with Gasteiger partial charge in [-0.25, -0.2) is 13.8 Å². The average Bonchev–Trinajstić information content (AvgIpc) is 3.46. The van der Waals surface area contributed by atoms with Crippen molar-refractivity contribution in [2.45, 2.75) is 57.5 Å². The minimum atomic E-state index is -2.58. The molecule has 1 unspecified atom stereocenters. The van der Waals surface area contributed by atoms with E-state index in [0.29, 0.717) is 18.0 Å². The van der Waals surface area contributed by atoms with Gasteiger partial charge in [0.05, 0.1) is 12.2 Å². The van der Waals surface area contributed by atoms with Gasteiger partial charge in [-0.05, 0) is 67.5 Å². The Morgan fingerprint density at radius 1 is 1.18 bits per heavy atom. The van der Waals surface area contributed by atoms with E-state index < -0.39 is 6.43 Å². The lowest BCUT2D eigenvalue weighted by Crippen LogP contribution is -2.40. The Morgan fingerprint density at radius 2 is 1.97 bits per heavy atom. The first-order valence-corrected chi connectivity index (χ1v) is 12.0. The van der Waals surface area contributed by atoms with Crippen LogP contribution in [0.3, 0.4) is 0 Å². The zero-order chi connectivity index (χ0) is 23.7. The predicted octanol–water partition coefficient (Wildman–Crippen LogP) is 5.32. The van der Waals surface area contributed by atoms with Crippen molar-refractivity contribution in [2.24, 2.45) is 7.05 Å². The molecule has 0 bridgehead atoms. The molecular weight excluding hydrogens is 436 g/mol. The molecule has 0 spiro atoms. The van der Waals surface area contributed by atoms with Crippen molar-refractivity contribution in [1.29, 1.82) is 0 Å². The summed E-state index contributed by atoms with van der Waals surface area (Å²) in [6.45, 7) is 3.14. The van der Waals surface area contributed by atoms with Crippen molar-refractivity contribution in [3.05, 3.63) is 53.2 Å². The van der Waals surface area contributed by atoms with Crippen LogP contribution in [0.15, 0.2) is 30.6 Å². The molecule has 0 N–H and O–H groups in total. The van der Waals surface area contributed by atoms with Crippen LogP contribution in [0.5, 0.6) is 0 Å². The number of carbonyl (C=O) groups excluding carboxylic acids is 1. The molecule has 178 valence electrons. The minimum Gasteiger partial charge on any atom is -0.357 e. The van der Waals surface area contributed by atoms with Gasteiger partial charge < -0.3 is 18.9 Å². The lowest BCUT2D eigenvalue weighted by molar-refractivity contribution is -0.135. The molecule has 2 aliphatic heterocycles. The summed E-state index contributed by atoms with van der Waals surface area (Å²) < 4.78 is 32.5. The van der Waals surface area contributed by atoms with E-state index >= 15 is 0 Å². The monoisotopic (exact) mass is 465 g/mol. The summed E-state index contributed by atoms with van der Waals surface area (Å²) in [5, 5.41) is 0. The molecular formula is C26H29F2N5O. The highest BCUT2D eigenvalue weighted by Crippen LogP contribution is 2.47. The number of hydrogen-bond acceptors (Lipinski definition) is 3. The topological polar surface area (TPSA) is 46.3 Å². The van der Waals surface area contributed by atoms with Crippen LogP contribution in [0.2, 0.25) is 0 Å². The smallest absolute Gasteiger partial charge is 0.264 e. The van der Waals surface area contributed by atoms with Gasteiger partial charge in [0.15, 0.2) is 5.82 Å². The van der Waals surface area contributed by atoms with E-state index in [1.54, 1.807) is 11.0 Å². The summed E-state index contributed by atoms with van der Waals surface area (Å²) in [7, 11) is 3.72. The highest BCUT2D eigenvalue weighted by molar-refractivity contribution is 5.83. The number of aryl methyl sites for hydroxylation is 2. The van der Waals surface area contributed by atoms with Crippen LogP contribution >= 0.6 is 0 Å². The summed E-state index contributed by atoms with van der Waals surface area (Å²) in [6, 6.07) is 5.20. The highest BCUT2D eigenvalue weighted by Gasteiger charge is 2.40. The molecule has 6 nitrogen and oxygen atoms in total. The second kappa shape index (κ2) is 7.68. The standard InChI is InChI=1S/C26H29F2N5O/c1-15-26(34)31(3)14-22-25(29-24(33(15)22)16-6-7-16)32-9-4-5-17-11-19(18-8-10-30(2)13-18)20(23(27)28)12-21(17)32/h8,10-13,15-16,23H,4-7,9,14H2,1-3H3. The van der Waals surface area contributed by atoms with Crippen molar-refractivity contribution < 1.29 is 13.6 Å². The number of hydrogen-bond donors (Lipinski definition) is 0. The average molecular weight is 466 g/mol. The first-order chi connectivity index (χ1) is 16.3. The molecule has 1 atom stereocenters. The number of halogens is 2. The first-order valence-electron chi connectivity index (χ1n) is 12.0. The quantitative estimate of drug-likeness (QED) is 0.524. The maximum atomic E-state index is 14.3. The van der Waals surface area contributed by atoms with Gasteiger partial charge in [0.2, 0.25) is 5.91 Å². The molecule has 0 radical (unpaired) electrons. The van der Waals surface area contributed by atoms with E-state index in [1.165, 1.54) is 0 Å². The molecule has 1 aliphatic carbocycles. The minimum absolute atomic E-state index is 0.0491. The Morgan fingerprint density at radius 3 is 2.65 bits per heavy atom. The Kier molecular flexibility index (Phi) is 4.83. The number of likely N-dealkylation sites (N-methyl/N-ethyl adjacent to an activating group) is 1. The first kappa shape index (κ1) is 21.4. The van der Waals surface area contributed by atoms with Crippen molar-refractivity contribution in [3.8, 4) is 11.1 Å². The van der Waals surface area contributed by atoms with Crippen molar-refractivity contribution in [2.75, 3.05) is 18.5 Å². The van der Waals surface area contributed by atoms with E-state index in [0.717, 1.165) is 66.4 Å². The van der Waals surface area contributed by atoms with Crippen LogP contribution in [-0.2, 0) is 24.8 Å². The molecule has 1 saturated carbocycles. The molecule has 6 rings (SSSR count). The van der Waals surface area contributed by atoms with E-state index in [9.17, 15) is 13.6 Å². The summed E-state index contributed by atoms with van der Waals surface area (Å²) >= 11 is 0. The van der Waals surface area contributed by atoms with E-state index in [-0.39, 0.29) is 17.5 Å². The lowest BCUT2D eigenvalue weighted by atomic mass is 9.93. The molecule has 1 amide bonds. The number of carbonyl (C=O) groups is 1. The van der Waals surface area contributed by atoms with Gasteiger partial charge >= 0.3 is 0 Å². The number of benzene rings is 1. The van der Waals surface area contributed by atoms with Gasteiger partial charge in [-0.3, -0.25) is 4.79 Å². The maximum absolute atomic E-state index is 14.3. The highest BCUT2D eigenvalue weighted by atomic mass is 19.3. The molecule has 2 aromatic heterocycles. The largest absolute Gasteiger partial charge is 0.357 e. The van der Waals surface area contributed by atoms with E-state index in [1.807, 2.05) is 50.1 Å². The fourth-order valence-corrected chi connectivity index (χ4v) is 5.59. The fourth-order valence-electron chi connectivity index (χ4n) is 5.59. The molecule has 1 aromatic carbocycles. The Bertz CT molecular complexity index is 1290. The predicted molar refractivity (Wildman–Crippen MR) is 127 cm³/mol. The third kappa shape index (κ3) is 3.26. The summed E-state index contributed by atoms with van der Waals surface area (Å²) in [5.74, 6) is 2.26. The SMILES string of the molecule is CC1C(=O)N(C)Cc2c(N3CCCc4cc(-c5ccn(C)c5)c(C(F)F)cc43)nc(C3CC3)n21. The van der Waals surface area contributed by atoms with E-state index in [2.05, 4.69) is 9.47 Å². The van der Waals surface area contributed by atoms with Gasteiger partial charge in [-0.15, -0.1) is 0 Å². The zero-order valence-electron chi connectivity index (χ0n) is 19.8. The van der Waals surface area contributed by atoms with Gasteiger partial charge in [0.1, 0.15) is 11.9 Å². The molecule has 34 heavy (non-hydrogen) atoms. The maximum Gasteiger partial charge on any atom is 0.264 e. The van der Waals surface area contributed by atoms with Gasteiger partial charge in [0, 0.05) is 50.2 Å². The molecule has 1 fully saturated rings. The van der Waals surface area contributed by atoms with Crippen molar-refractivity contribution >= 4 is 17.4 Å². The third-order valence-corrected chi connectivity index (χ3v) is 7.47. The second-order valence-corrected chi connectivity index (χ2v) is 9.94.